The number of hydrogen-bond donors (Lipinski definition) is 2. The maximum atomic E-state index is 11.4. The number of hydrogen-bond acceptors (Lipinski definition) is 11. The van der Waals surface area contributed by atoms with Crippen molar-refractivity contribution in [2.24, 2.45) is 12.8 Å². The summed E-state index contributed by atoms with van der Waals surface area (Å²) in [7, 11) is 5.10. The van der Waals surface area contributed by atoms with Crippen LogP contribution in [0.5, 0.6) is 6.01 Å². The lowest BCUT2D eigenvalue weighted by Gasteiger charge is -2.48. The molecule has 4 heterocycles. The summed E-state index contributed by atoms with van der Waals surface area (Å²) in [5.41, 5.74) is 14.0. The van der Waals surface area contributed by atoms with Crippen LogP contribution in [0, 0.1) is 11.3 Å². The van der Waals surface area contributed by atoms with Gasteiger partial charge in [-0.1, -0.05) is 0 Å². The standard InChI is InChI=1S/C21H24N10O2S/c1-29(8-11-6-13(16(23)32)28-30(11)2)18-25-19(27-20(26-18)33-3)31-9-21(10-31)5-4-14-15(21)12(7-22)17(24)34-14/h6H,4-5,8-10,24H2,1-3H3,(H2,23,32). The number of fused-ring (bicyclic) bond motifs is 2. The molecule has 5 rings (SSSR count). The lowest BCUT2D eigenvalue weighted by atomic mass is 9.74. The Morgan fingerprint density at radius 3 is 2.79 bits per heavy atom. The van der Waals surface area contributed by atoms with Gasteiger partial charge < -0.3 is 26.0 Å². The van der Waals surface area contributed by atoms with Crippen LogP contribution in [-0.2, 0) is 25.4 Å². The number of nitrogen functional groups attached to an aromatic ring is 1. The Labute approximate surface area is 199 Å². The van der Waals surface area contributed by atoms with Crippen molar-refractivity contribution in [1.82, 2.24) is 24.7 Å². The lowest BCUT2D eigenvalue weighted by Crippen LogP contribution is -2.59. The fourth-order valence-corrected chi connectivity index (χ4v) is 5.93. The number of methoxy groups -OCH3 is 1. The monoisotopic (exact) mass is 480 g/mol. The highest BCUT2D eigenvalue weighted by atomic mass is 32.1. The maximum absolute atomic E-state index is 11.4. The smallest absolute Gasteiger partial charge is 0.322 e. The van der Waals surface area contributed by atoms with Gasteiger partial charge in [-0.3, -0.25) is 9.48 Å². The Balaban J connectivity index is 1.38. The quantitative estimate of drug-likeness (QED) is 0.509. The van der Waals surface area contributed by atoms with Crippen LogP contribution in [-0.4, -0.2) is 57.9 Å². The number of nitrogens with two attached hydrogens (primary N) is 2. The number of amides is 1. The molecule has 176 valence electrons. The molecule has 2 aliphatic rings. The van der Waals surface area contributed by atoms with E-state index < -0.39 is 5.91 Å². The number of nitrogens with zero attached hydrogens (tertiary/aromatic N) is 8. The molecule has 4 N–H and O–H groups in total. The van der Waals surface area contributed by atoms with Gasteiger partial charge in [0.2, 0.25) is 11.9 Å². The van der Waals surface area contributed by atoms with Gasteiger partial charge in [-0.2, -0.15) is 25.3 Å². The molecular weight excluding hydrogens is 456 g/mol. The fraction of sp³-hybridized carbons (Fsp3) is 0.429. The molecule has 0 unspecified atom stereocenters. The largest absolute Gasteiger partial charge is 0.467 e. The minimum Gasteiger partial charge on any atom is -0.467 e. The first-order valence-electron chi connectivity index (χ1n) is 10.6. The normalized spacial score (nSPS) is 15.6. The third-order valence-electron chi connectivity index (χ3n) is 6.49. The van der Waals surface area contributed by atoms with E-state index in [4.69, 9.17) is 16.2 Å². The highest BCUT2D eigenvalue weighted by Gasteiger charge is 2.52. The van der Waals surface area contributed by atoms with Crippen molar-refractivity contribution in [2.45, 2.75) is 24.8 Å². The number of rotatable bonds is 6. The van der Waals surface area contributed by atoms with E-state index >= 15 is 0 Å². The number of primary amides is 1. The number of aromatic nitrogens is 5. The minimum absolute atomic E-state index is 0.0969. The van der Waals surface area contributed by atoms with Crippen LogP contribution in [0.15, 0.2) is 6.07 Å². The molecule has 34 heavy (non-hydrogen) atoms. The summed E-state index contributed by atoms with van der Waals surface area (Å²) in [5, 5.41) is 14.4. The molecule has 3 aromatic rings. The SMILES string of the molecule is COc1nc(N(C)Cc2cc(C(N)=O)nn2C)nc(N2CC3(CCc4sc(N)c(C#N)c43)C2)n1. The Morgan fingerprint density at radius 2 is 2.15 bits per heavy atom. The van der Waals surface area contributed by atoms with E-state index in [0.29, 0.717) is 42.1 Å². The second-order valence-corrected chi connectivity index (χ2v) is 9.81. The van der Waals surface area contributed by atoms with E-state index in [1.165, 1.54) is 23.3 Å². The van der Waals surface area contributed by atoms with Crippen LogP contribution in [0.1, 0.15) is 38.6 Å². The van der Waals surface area contributed by atoms with E-state index in [-0.39, 0.29) is 17.1 Å². The van der Waals surface area contributed by atoms with Crippen LogP contribution in [0.2, 0.25) is 0 Å². The van der Waals surface area contributed by atoms with Gasteiger partial charge in [0.15, 0.2) is 0 Å². The summed E-state index contributed by atoms with van der Waals surface area (Å²) >= 11 is 1.53. The molecule has 0 bridgehead atoms. The number of carbonyl (C=O) groups is 1. The molecular formula is C21H24N10O2S. The van der Waals surface area contributed by atoms with Crippen molar-refractivity contribution in [3.05, 3.63) is 33.5 Å². The zero-order chi connectivity index (χ0) is 24.2. The van der Waals surface area contributed by atoms with E-state index in [0.717, 1.165) is 24.1 Å². The van der Waals surface area contributed by atoms with Gasteiger partial charge >= 0.3 is 6.01 Å². The van der Waals surface area contributed by atoms with Gasteiger partial charge in [-0.25, -0.2) is 0 Å². The van der Waals surface area contributed by atoms with E-state index in [9.17, 15) is 10.1 Å². The molecule has 0 atom stereocenters. The van der Waals surface area contributed by atoms with Crippen LogP contribution in [0.4, 0.5) is 16.9 Å². The molecule has 1 saturated heterocycles. The molecule has 1 aliphatic carbocycles. The Kier molecular flexibility index (Phi) is 5.05. The number of ether oxygens (including phenoxy) is 1. The summed E-state index contributed by atoms with van der Waals surface area (Å²) < 4.78 is 6.94. The van der Waals surface area contributed by atoms with Crippen LogP contribution in [0.25, 0.3) is 0 Å². The Morgan fingerprint density at radius 1 is 1.38 bits per heavy atom. The molecule has 0 saturated carbocycles. The second kappa shape index (κ2) is 7.84. The van der Waals surface area contributed by atoms with E-state index in [1.807, 2.05) is 11.9 Å². The van der Waals surface area contributed by atoms with Gasteiger partial charge in [0, 0.05) is 37.5 Å². The number of anilines is 3. The summed E-state index contributed by atoms with van der Waals surface area (Å²) in [5.74, 6) is 0.355. The van der Waals surface area contributed by atoms with Crippen LogP contribution < -0.4 is 26.0 Å². The molecule has 13 heteroatoms. The number of thiophene rings is 1. The van der Waals surface area contributed by atoms with Crippen molar-refractivity contribution in [1.29, 1.82) is 5.26 Å². The first kappa shape index (κ1) is 21.9. The highest BCUT2D eigenvalue weighted by Crippen LogP contribution is 2.52. The summed E-state index contributed by atoms with van der Waals surface area (Å²) in [6.07, 6.45) is 1.92. The molecule has 1 spiro atoms. The molecule has 1 amide bonds. The van der Waals surface area contributed by atoms with Crippen molar-refractivity contribution in [3.8, 4) is 12.1 Å². The second-order valence-electron chi connectivity index (χ2n) is 8.67. The fourth-order valence-electron chi connectivity index (χ4n) is 4.79. The molecule has 1 fully saturated rings. The zero-order valence-corrected chi connectivity index (χ0v) is 19.9. The summed E-state index contributed by atoms with van der Waals surface area (Å²) in [6.45, 7) is 1.80. The van der Waals surface area contributed by atoms with Crippen LogP contribution >= 0.6 is 11.3 Å². The highest BCUT2D eigenvalue weighted by molar-refractivity contribution is 7.16. The van der Waals surface area contributed by atoms with Crippen LogP contribution in [0.3, 0.4) is 0 Å². The van der Waals surface area contributed by atoms with Crippen molar-refractivity contribution in [3.63, 3.8) is 0 Å². The van der Waals surface area contributed by atoms with Gasteiger partial charge in [-0.15, -0.1) is 11.3 Å². The van der Waals surface area contributed by atoms with Crippen molar-refractivity contribution < 1.29 is 9.53 Å². The van der Waals surface area contributed by atoms with E-state index in [2.05, 4.69) is 31.0 Å². The summed E-state index contributed by atoms with van der Waals surface area (Å²) in [4.78, 5) is 30.1. The third-order valence-corrected chi connectivity index (χ3v) is 7.57. The van der Waals surface area contributed by atoms with Gasteiger partial charge in [0.05, 0.1) is 24.9 Å². The molecule has 0 aromatic carbocycles. The molecule has 1 aliphatic heterocycles. The average Bonchev–Trinajstić information content (AvgIpc) is 3.43. The third kappa shape index (κ3) is 3.38. The Bertz CT molecular complexity index is 1330. The van der Waals surface area contributed by atoms with E-state index in [1.54, 1.807) is 17.8 Å². The summed E-state index contributed by atoms with van der Waals surface area (Å²) in [6, 6.07) is 4.15. The topological polar surface area (TPSA) is 165 Å². The maximum Gasteiger partial charge on any atom is 0.322 e. The van der Waals surface area contributed by atoms with Crippen molar-refractivity contribution in [2.75, 3.05) is 42.8 Å². The molecule has 3 aromatic heterocycles. The molecule has 0 radical (unpaired) electrons. The van der Waals surface area contributed by atoms with Crippen molar-refractivity contribution >= 4 is 34.1 Å². The number of aryl methyl sites for hydroxylation is 2. The average molecular weight is 481 g/mol. The van der Waals surface area contributed by atoms with Gasteiger partial charge in [0.25, 0.3) is 5.91 Å². The lowest BCUT2D eigenvalue weighted by molar-refractivity contribution is 0.0995. The first-order valence-corrected chi connectivity index (χ1v) is 11.5. The Hall–Kier alpha value is -3.92. The predicted octanol–water partition coefficient (Wildman–Crippen LogP) is 0.569. The van der Waals surface area contributed by atoms with Gasteiger partial charge in [-0.05, 0) is 24.5 Å². The number of nitriles is 1. The van der Waals surface area contributed by atoms with Gasteiger partial charge in [0.1, 0.15) is 16.8 Å². The zero-order valence-electron chi connectivity index (χ0n) is 19.1. The predicted molar refractivity (Wildman–Crippen MR) is 126 cm³/mol. The first-order chi connectivity index (χ1) is 16.2. The minimum atomic E-state index is -0.581. The number of carbonyl (C=O) groups excluding carboxylic acids is 1. The molecule has 12 nitrogen and oxygen atoms in total.